The van der Waals surface area contributed by atoms with E-state index in [1.807, 2.05) is 30.3 Å². The van der Waals surface area contributed by atoms with Crippen molar-refractivity contribution >= 4 is 5.78 Å². The summed E-state index contributed by atoms with van der Waals surface area (Å²) >= 11 is 0. The van der Waals surface area contributed by atoms with Gasteiger partial charge in [0.1, 0.15) is 0 Å². The molecule has 0 amide bonds. The van der Waals surface area contributed by atoms with Crippen molar-refractivity contribution in [2.45, 2.75) is 65.0 Å². The minimum atomic E-state index is -0.377. The minimum absolute atomic E-state index is 0.0549. The third-order valence-electron chi connectivity index (χ3n) is 6.11. The van der Waals surface area contributed by atoms with Gasteiger partial charge in [0.15, 0.2) is 5.78 Å². The zero-order chi connectivity index (χ0) is 16.5. The maximum Gasteiger partial charge on any atom is 0.166 e. The van der Waals surface area contributed by atoms with E-state index in [9.17, 15) is 10.0 Å². The first-order valence-electron chi connectivity index (χ1n) is 8.38. The van der Waals surface area contributed by atoms with Crippen LogP contribution in [-0.4, -0.2) is 27.1 Å². The molecule has 1 N–H and O–H groups in total. The molecule has 3 heteroatoms. The first-order chi connectivity index (χ1) is 10.3. The topological polar surface area (TPSA) is 40.5 Å². The molecule has 1 aromatic rings. The Balaban J connectivity index is 2.41. The molecule has 2 rings (SSSR count). The van der Waals surface area contributed by atoms with Crippen LogP contribution in [-0.2, 0) is 0 Å². The van der Waals surface area contributed by atoms with E-state index in [-0.39, 0.29) is 28.7 Å². The predicted molar refractivity (Wildman–Crippen MR) is 89.1 cm³/mol. The smallest absolute Gasteiger partial charge is 0.166 e. The number of rotatable bonds is 4. The Bertz CT molecular complexity index is 529. The van der Waals surface area contributed by atoms with Gasteiger partial charge in [-0.1, -0.05) is 51.1 Å². The highest BCUT2D eigenvalue weighted by Gasteiger charge is 2.54. The number of nitrogens with zero attached hydrogens (tertiary/aromatic N) is 1. The van der Waals surface area contributed by atoms with Crippen molar-refractivity contribution in [3.63, 3.8) is 0 Å². The van der Waals surface area contributed by atoms with Gasteiger partial charge in [-0.25, -0.2) is 0 Å². The summed E-state index contributed by atoms with van der Waals surface area (Å²) in [5, 5.41) is 12.4. The molecule has 0 bridgehead atoms. The monoisotopic (exact) mass is 303 g/mol. The molecule has 0 radical (unpaired) electrons. The van der Waals surface area contributed by atoms with Gasteiger partial charge in [0.25, 0.3) is 0 Å². The molecular weight excluding hydrogens is 274 g/mol. The summed E-state index contributed by atoms with van der Waals surface area (Å²) in [6.07, 6.45) is 2.34. The van der Waals surface area contributed by atoms with Crippen LogP contribution in [0.5, 0.6) is 0 Å². The lowest BCUT2D eigenvalue weighted by molar-refractivity contribution is -0.276. The van der Waals surface area contributed by atoms with E-state index in [0.717, 1.165) is 18.4 Å². The zero-order valence-corrected chi connectivity index (χ0v) is 14.5. The lowest BCUT2D eigenvalue weighted by Gasteiger charge is -2.57. The van der Waals surface area contributed by atoms with Crippen molar-refractivity contribution in [1.82, 2.24) is 5.06 Å². The second kappa shape index (κ2) is 6.13. The van der Waals surface area contributed by atoms with E-state index in [1.165, 1.54) is 0 Å². The van der Waals surface area contributed by atoms with Crippen molar-refractivity contribution < 1.29 is 10.0 Å². The molecule has 4 atom stereocenters. The van der Waals surface area contributed by atoms with Crippen LogP contribution < -0.4 is 0 Å². The molecule has 122 valence electrons. The highest BCUT2D eigenvalue weighted by Crippen LogP contribution is 2.48. The Morgan fingerprint density at radius 3 is 2.32 bits per heavy atom. The van der Waals surface area contributed by atoms with E-state index in [4.69, 9.17) is 0 Å². The molecular formula is C19H29NO2. The van der Waals surface area contributed by atoms with Crippen molar-refractivity contribution in [2.24, 2.45) is 11.8 Å². The van der Waals surface area contributed by atoms with Crippen molar-refractivity contribution in [3.8, 4) is 0 Å². The van der Waals surface area contributed by atoms with Crippen LogP contribution in [0.25, 0.3) is 0 Å². The van der Waals surface area contributed by atoms with E-state index in [0.29, 0.717) is 6.42 Å². The molecule has 0 aliphatic carbocycles. The molecule has 1 aliphatic heterocycles. The van der Waals surface area contributed by atoms with E-state index >= 15 is 0 Å². The molecule has 0 spiro atoms. The zero-order valence-electron chi connectivity index (χ0n) is 14.5. The number of Topliss-reactive ketones (excluding diaryl/α,β-unsaturated/α-hetero) is 1. The lowest BCUT2D eigenvalue weighted by atomic mass is 9.63. The fourth-order valence-electron chi connectivity index (χ4n) is 3.88. The lowest BCUT2D eigenvalue weighted by Crippen LogP contribution is -2.66. The van der Waals surface area contributed by atoms with Crippen molar-refractivity contribution in [1.29, 1.82) is 0 Å². The van der Waals surface area contributed by atoms with Gasteiger partial charge in [-0.2, -0.15) is 5.06 Å². The average Bonchev–Trinajstić information content (AvgIpc) is 2.56. The normalized spacial score (nSPS) is 36.3. The van der Waals surface area contributed by atoms with Gasteiger partial charge in [-0.15, -0.1) is 0 Å². The van der Waals surface area contributed by atoms with Crippen LogP contribution in [0.3, 0.4) is 0 Å². The third kappa shape index (κ3) is 2.61. The molecule has 1 heterocycles. The number of hydroxylamine groups is 2. The van der Waals surface area contributed by atoms with E-state index in [1.54, 1.807) is 5.06 Å². The highest BCUT2D eigenvalue weighted by molar-refractivity contribution is 5.98. The third-order valence-corrected chi connectivity index (χ3v) is 6.11. The summed E-state index contributed by atoms with van der Waals surface area (Å²) in [4.78, 5) is 13.0. The standard InChI is InChI=1S/C19H29NO2/c1-6-18(4)13-16(14(3)19(5,7-2)20(18)22)17(21)15-11-9-8-10-12-15/h8-12,14,16,22H,6-7,13H2,1-5H3. The number of ketones is 1. The average molecular weight is 303 g/mol. The van der Waals surface area contributed by atoms with Crippen LogP contribution >= 0.6 is 0 Å². The van der Waals surface area contributed by atoms with Crippen LogP contribution in [0.2, 0.25) is 0 Å². The molecule has 22 heavy (non-hydrogen) atoms. The van der Waals surface area contributed by atoms with Crippen LogP contribution in [0.15, 0.2) is 30.3 Å². The summed E-state index contributed by atoms with van der Waals surface area (Å²) in [7, 11) is 0. The van der Waals surface area contributed by atoms with Gasteiger partial charge in [0.05, 0.1) is 0 Å². The minimum Gasteiger partial charge on any atom is -0.313 e. The summed E-state index contributed by atoms with van der Waals surface area (Å²) in [5.74, 6) is 0.260. The molecule has 0 aromatic heterocycles. The summed E-state index contributed by atoms with van der Waals surface area (Å²) in [6, 6.07) is 9.55. The van der Waals surface area contributed by atoms with E-state index < -0.39 is 0 Å². The number of hydrogen-bond acceptors (Lipinski definition) is 3. The van der Waals surface area contributed by atoms with Crippen LogP contribution in [0, 0.1) is 11.8 Å². The molecule has 1 saturated heterocycles. The molecule has 1 aliphatic rings. The second-order valence-corrected chi connectivity index (χ2v) is 7.20. The van der Waals surface area contributed by atoms with Gasteiger partial charge >= 0.3 is 0 Å². The molecule has 0 saturated carbocycles. The molecule has 3 nitrogen and oxygen atoms in total. The molecule has 4 unspecified atom stereocenters. The Morgan fingerprint density at radius 1 is 1.23 bits per heavy atom. The Hall–Kier alpha value is -1.19. The second-order valence-electron chi connectivity index (χ2n) is 7.20. The van der Waals surface area contributed by atoms with Gasteiger partial charge in [0, 0.05) is 22.6 Å². The van der Waals surface area contributed by atoms with Crippen LogP contribution in [0.1, 0.15) is 64.2 Å². The summed E-state index contributed by atoms with van der Waals surface area (Å²) < 4.78 is 0. The first kappa shape index (κ1) is 17.2. The van der Waals surface area contributed by atoms with Crippen molar-refractivity contribution in [2.75, 3.05) is 0 Å². The predicted octanol–water partition coefficient (Wildman–Crippen LogP) is 4.55. The van der Waals surface area contributed by atoms with Gasteiger partial charge in [-0.3, -0.25) is 4.79 Å². The van der Waals surface area contributed by atoms with Gasteiger partial charge in [0.2, 0.25) is 0 Å². The number of hydrogen-bond donors (Lipinski definition) is 1. The van der Waals surface area contributed by atoms with Crippen molar-refractivity contribution in [3.05, 3.63) is 35.9 Å². The Labute approximate surface area is 134 Å². The Morgan fingerprint density at radius 2 is 1.82 bits per heavy atom. The SMILES string of the molecule is CCC1(C)CC(C(=O)c2ccccc2)C(C)C(C)(CC)N1O. The number of piperidine rings is 1. The van der Waals surface area contributed by atoms with Crippen LogP contribution in [0.4, 0.5) is 0 Å². The Kier molecular flexibility index (Phi) is 4.78. The summed E-state index contributed by atoms with van der Waals surface area (Å²) in [5.41, 5.74) is 0.0486. The molecule has 1 aromatic carbocycles. The van der Waals surface area contributed by atoms with E-state index in [2.05, 4.69) is 34.6 Å². The highest BCUT2D eigenvalue weighted by atomic mass is 16.5. The maximum absolute atomic E-state index is 13.0. The number of carbonyl (C=O) groups is 1. The largest absolute Gasteiger partial charge is 0.313 e. The number of carbonyl (C=O) groups excluding carboxylic acids is 1. The molecule has 1 fully saturated rings. The maximum atomic E-state index is 13.0. The fraction of sp³-hybridized carbons (Fsp3) is 0.632. The first-order valence-corrected chi connectivity index (χ1v) is 8.38. The fourth-order valence-corrected chi connectivity index (χ4v) is 3.88. The van der Waals surface area contributed by atoms with Gasteiger partial charge in [-0.05, 0) is 39.0 Å². The van der Waals surface area contributed by atoms with Gasteiger partial charge < -0.3 is 5.21 Å². The quantitative estimate of drug-likeness (QED) is 0.829. The summed E-state index contributed by atoms with van der Waals surface area (Å²) in [6.45, 7) is 10.4. The number of benzene rings is 1.